The van der Waals surface area contributed by atoms with Crippen molar-refractivity contribution in [2.24, 2.45) is 0 Å². The molecule has 8 heteroatoms. The summed E-state index contributed by atoms with van der Waals surface area (Å²) < 4.78 is 2.33. The van der Waals surface area contributed by atoms with Gasteiger partial charge in [0.1, 0.15) is 0 Å². The van der Waals surface area contributed by atoms with Crippen molar-refractivity contribution in [1.82, 2.24) is 20.0 Å². The topological polar surface area (TPSA) is 55.9 Å². The van der Waals surface area contributed by atoms with Gasteiger partial charge in [0.05, 0.1) is 0 Å². The predicted molar refractivity (Wildman–Crippen MR) is 157 cm³/mol. The van der Waals surface area contributed by atoms with Crippen molar-refractivity contribution >= 4 is 57.0 Å². The standard InChI is InChI=1S/C15H19IN2O.C12H15IN2O/c16-13-4-2-12(3-5-13)15(19)18-9-1-8-17(10-11-18)14-6-7-14;13-11-4-2-10(3-5-11)12(16)15-8-1-6-14-7-9-15/h2-5,14H,1,6-11H2;2-5,14H,1,6-9H2. The molecule has 188 valence electrons. The van der Waals surface area contributed by atoms with Gasteiger partial charge in [0.25, 0.3) is 11.8 Å². The average molecular weight is 700 g/mol. The number of carbonyl (C=O) groups excluding carboxylic acids is 2. The molecule has 1 saturated carbocycles. The number of nitrogens with zero attached hydrogens (tertiary/aromatic N) is 3. The van der Waals surface area contributed by atoms with Crippen LogP contribution >= 0.6 is 45.2 Å². The SMILES string of the molecule is O=C(c1ccc(I)cc1)N1CCCN(C2CC2)CC1.O=C(c1ccc(I)cc1)N1CCCNCC1. The third-order valence-corrected chi connectivity index (χ3v) is 8.13. The van der Waals surface area contributed by atoms with Gasteiger partial charge in [-0.05, 0) is 126 Å². The molecule has 2 aromatic rings. The van der Waals surface area contributed by atoms with E-state index in [0.717, 1.165) is 85.9 Å². The Morgan fingerprint density at radius 1 is 0.657 bits per heavy atom. The number of carbonyl (C=O) groups is 2. The van der Waals surface area contributed by atoms with Crippen LogP contribution in [0.4, 0.5) is 0 Å². The van der Waals surface area contributed by atoms with Gasteiger partial charge >= 0.3 is 0 Å². The highest BCUT2D eigenvalue weighted by Gasteiger charge is 2.30. The molecule has 0 radical (unpaired) electrons. The quantitative estimate of drug-likeness (QED) is 0.485. The summed E-state index contributed by atoms with van der Waals surface area (Å²) in [5.74, 6) is 0.342. The second-order valence-corrected chi connectivity index (χ2v) is 11.8. The fraction of sp³-hybridized carbons (Fsp3) is 0.481. The lowest BCUT2D eigenvalue weighted by Gasteiger charge is -2.21. The van der Waals surface area contributed by atoms with Crippen LogP contribution in [0.1, 0.15) is 46.4 Å². The normalized spacial score (nSPS) is 19.3. The van der Waals surface area contributed by atoms with Crippen LogP contribution in [-0.2, 0) is 0 Å². The largest absolute Gasteiger partial charge is 0.337 e. The minimum atomic E-state index is 0.153. The zero-order valence-electron chi connectivity index (χ0n) is 20.1. The van der Waals surface area contributed by atoms with Crippen molar-refractivity contribution in [2.45, 2.75) is 31.7 Å². The van der Waals surface area contributed by atoms with Crippen molar-refractivity contribution in [2.75, 3.05) is 52.4 Å². The Balaban J connectivity index is 0.000000168. The molecule has 35 heavy (non-hydrogen) atoms. The maximum atomic E-state index is 12.5. The van der Waals surface area contributed by atoms with Gasteiger partial charge in [0.15, 0.2) is 0 Å². The molecule has 2 aromatic carbocycles. The second-order valence-electron chi connectivity index (χ2n) is 9.32. The van der Waals surface area contributed by atoms with Crippen molar-refractivity contribution in [3.63, 3.8) is 0 Å². The summed E-state index contributed by atoms with van der Waals surface area (Å²) in [5.41, 5.74) is 1.61. The zero-order chi connectivity index (χ0) is 24.6. The van der Waals surface area contributed by atoms with E-state index in [0.29, 0.717) is 0 Å². The smallest absolute Gasteiger partial charge is 0.253 e. The van der Waals surface area contributed by atoms with Crippen LogP contribution in [-0.4, -0.2) is 84.9 Å². The van der Waals surface area contributed by atoms with Crippen molar-refractivity contribution in [3.05, 3.63) is 66.8 Å². The molecule has 0 atom stereocenters. The number of rotatable bonds is 3. The van der Waals surface area contributed by atoms with Gasteiger partial charge in [-0.25, -0.2) is 0 Å². The molecule has 3 fully saturated rings. The Labute approximate surface area is 236 Å². The fourth-order valence-corrected chi connectivity index (χ4v) is 5.26. The number of nitrogens with one attached hydrogen (secondary N) is 1. The van der Waals surface area contributed by atoms with E-state index in [-0.39, 0.29) is 11.8 Å². The lowest BCUT2D eigenvalue weighted by molar-refractivity contribution is 0.0755. The maximum Gasteiger partial charge on any atom is 0.253 e. The molecule has 1 aliphatic carbocycles. The lowest BCUT2D eigenvalue weighted by Crippen LogP contribution is -2.35. The number of amides is 2. The van der Waals surface area contributed by atoms with E-state index in [1.807, 2.05) is 58.3 Å². The highest BCUT2D eigenvalue weighted by Crippen LogP contribution is 2.27. The molecule has 5 rings (SSSR count). The highest BCUT2D eigenvalue weighted by molar-refractivity contribution is 14.1. The molecule has 0 spiro atoms. The molecule has 2 saturated heterocycles. The van der Waals surface area contributed by atoms with E-state index >= 15 is 0 Å². The Morgan fingerprint density at radius 2 is 1.20 bits per heavy atom. The summed E-state index contributed by atoms with van der Waals surface area (Å²) >= 11 is 4.51. The molecule has 6 nitrogen and oxygen atoms in total. The highest BCUT2D eigenvalue weighted by atomic mass is 127. The number of hydrogen-bond donors (Lipinski definition) is 1. The van der Waals surface area contributed by atoms with E-state index < -0.39 is 0 Å². The minimum Gasteiger partial charge on any atom is -0.337 e. The monoisotopic (exact) mass is 700 g/mol. The van der Waals surface area contributed by atoms with Gasteiger partial charge < -0.3 is 15.1 Å². The summed E-state index contributed by atoms with van der Waals surface area (Å²) in [5, 5.41) is 3.30. The van der Waals surface area contributed by atoms with Crippen molar-refractivity contribution in [3.8, 4) is 0 Å². The van der Waals surface area contributed by atoms with Gasteiger partial charge in [0.2, 0.25) is 0 Å². The summed E-state index contributed by atoms with van der Waals surface area (Å²) in [6.07, 6.45) is 4.85. The van der Waals surface area contributed by atoms with Crippen LogP contribution in [0.15, 0.2) is 48.5 Å². The van der Waals surface area contributed by atoms with E-state index in [9.17, 15) is 9.59 Å². The van der Waals surface area contributed by atoms with Crippen molar-refractivity contribution < 1.29 is 9.59 Å². The minimum absolute atomic E-state index is 0.153. The molecule has 2 amide bonds. The van der Waals surface area contributed by atoms with E-state index in [1.165, 1.54) is 16.4 Å². The van der Waals surface area contributed by atoms with Gasteiger partial charge in [0, 0.05) is 70.1 Å². The molecular weight excluding hydrogens is 666 g/mol. The first kappa shape index (κ1) is 26.8. The molecule has 1 N–H and O–H groups in total. The first-order valence-electron chi connectivity index (χ1n) is 12.6. The second kappa shape index (κ2) is 13.3. The van der Waals surface area contributed by atoms with E-state index in [4.69, 9.17) is 0 Å². The Hall–Kier alpha value is -1.24. The van der Waals surface area contributed by atoms with Crippen molar-refractivity contribution in [1.29, 1.82) is 0 Å². The summed E-state index contributed by atoms with van der Waals surface area (Å²) in [6.45, 7) is 7.55. The molecule has 0 unspecified atom stereocenters. The third kappa shape index (κ3) is 8.13. The van der Waals surface area contributed by atoms with Crippen LogP contribution in [0.5, 0.6) is 0 Å². The van der Waals surface area contributed by atoms with Crippen LogP contribution in [0.25, 0.3) is 0 Å². The van der Waals surface area contributed by atoms with Crippen LogP contribution in [0.2, 0.25) is 0 Å². The fourth-order valence-electron chi connectivity index (χ4n) is 4.54. The Kier molecular flexibility index (Phi) is 10.2. The van der Waals surface area contributed by atoms with Gasteiger partial charge in [-0.15, -0.1) is 0 Å². The molecule has 2 aliphatic heterocycles. The predicted octanol–water partition coefficient (Wildman–Crippen LogP) is 4.33. The average Bonchev–Trinajstić information content (AvgIpc) is 3.73. The molecule has 0 aromatic heterocycles. The first-order chi connectivity index (χ1) is 17.0. The molecule has 0 bridgehead atoms. The zero-order valence-corrected chi connectivity index (χ0v) is 24.4. The molecular formula is C27H34I2N4O2. The van der Waals surface area contributed by atoms with Gasteiger partial charge in [-0.1, -0.05) is 0 Å². The van der Waals surface area contributed by atoms with Crippen LogP contribution < -0.4 is 5.32 Å². The molecule has 2 heterocycles. The van der Waals surface area contributed by atoms with Crippen LogP contribution in [0.3, 0.4) is 0 Å². The molecule has 3 aliphatic rings. The number of benzene rings is 2. The Morgan fingerprint density at radius 3 is 1.77 bits per heavy atom. The Bertz CT molecular complexity index is 972. The third-order valence-electron chi connectivity index (χ3n) is 6.69. The summed E-state index contributed by atoms with van der Waals surface area (Å²) in [4.78, 5) is 31.1. The maximum absolute atomic E-state index is 12.5. The van der Waals surface area contributed by atoms with Gasteiger partial charge in [-0.3, -0.25) is 14.5 Å². The summed E-state index contributed by atoms with van der Waals surface area (Å²) in [7, 11) is 0. The van der Waals surface area contributed by atoms with E-state index in [1.54, 1.807) is 0 Å². The van der Waals surface area contributed by atoms with Crippen LogP contribution in [0, 0.1) is 7.14 Å². The lowest BCUT2D eigenvalue weighted by atomic mass is 10.2. The van der Waals surface area contributed by atoms with E-state index in [2.05, 4.69) is 55.4 Å². The first-order valence-corrected chi connectivity index (χ1v) is 14.7. The number of hydrogen-bond acceptors (Lipinski definition) is 4. The van der Waals surface area contributed by atoms with Gasteiger partial charge in [-0.2, -0.15) is 0 Å². The number of halogens is 2. The summed E-state index contributed by atoms with van der Waals surface area (Å²) in [6, 6.07) is 16.5.